The van der Waals surface area contributed by atoms with Crippen LogP contribution in [0.2, 0.25) is 0 Å². The van der Waals surface area contributed by atoms with Crippen molar-refractivity contribution in [2.45, 2.75) is 11.4 Å². The monoisotopic (exact) mass is 396 g/mol. The molecule has 28 heavy (non-hydrogen) atoms. The van der Waals surface area contributed by atoms with Crippen molar-refractivity contribution in [1.82, 2.24) is 9.88 Å². The van der Waals surface area contributed by atoms with Crippen molar-refractivity contribution in [3.8, 4) is 0 Å². The fourth-order valence-electron chi connectivity index (χ4n) is 2.78. The van der Waals surface area contributed by atoms with Gasteiger partial charge in [-0.3, -0.25) is 9.59 Å². The number of esters is 1. The number of amides is 1. The number of aromatic amines is 1. The Bertz CT molecular complexity index is 1060. The molecule has 2 aromatic carbocycles. The maximum Gasteiger partial charge on any atom is 0.339 e. The Morgan fingerprint density at radius 2 is 1.82 bits per heavy atom. The van der Waals surface area contributed by atoms with E-state index in [1.165, 1.54) is 11.0 Å². The van der Waals surface area contributed by atoms with Gasteiger partial charge in [0.25, 0.3) is 5.91 Å². The minimum atomic E-state index is -0.701. The molecule has 0 atom stereocenters. The van der Waals surface area contributed by atoms with Gasteiger partial charge in [-0.05, 0) is 30.0 Å². The highest BCUT2D eigenvalue weighted by Gasteiger charge is 2.16. The molecule has 0 saturated carbocycles. The lowest BCUT2D eigenvalue weighted by atomic mass is 10.1. The molecule has 7 heteroatoms. The third-order valence-electron chi connectivity index (χ3n) is 4.30. The zero-order valence-corrected chi connectivity index (χ0v) is 16.4. The van der Waals surface area contributed by atoms with Crippen molar-refractivity contribution in [2.75, 3.05) is 19.9 Å². The molecule has 3 aromatic rings. The SMILES string of the molecule is CSc1ccc(CN(C)C(=O)COC(=O)c2cc(=O)[nH]c3ccccc23)cc1. The summed E-state index contributed by atoms with van der Waals surface area (Å²) in [5, 5.41) is 0.571. The van der Waals surface area contributed by atoms with Gasteiger partial charge in [0.1, 0.15) is 0 Å². The number of likely N-dealkylation sites (N-methyl/N-ethyl adjacent to an activating group) is 1. The first kappa shape index (κ1) is 19.7. The average molecular weight is 396 g/mol. The zero-order valence-electron chi connectivity index (χ0n) is 15.6. The molecule has 0 spiro atoms. The highest BCUT2D eigenvalue weighted by atomic mass is 32.2. The van der Waals surface area contributed by atoms with Crippen LogP contribution in [0.5, 0.6) is 0 Å². The van der Waals surface area contributed by atoms with Gasteiger partial charge in [0.15, 0.2) is 6.61 Å². The standard InChI is InChI=1S/C21H20N2O4S/c1-23(12-14-7-9-15(28-2)10-8-14)20(25)13-27-21(26)17-11-19(24)22-18-6-4-3-5-16(17)18/h3-11H,12-13H2,1-2H3,(H,22,24). The van der Waals surface area contributed by atoms with Crippen molar-refractivity contribution in [3.05, 3.63) is 76.1 Å². The van der Waals surface area contributed by atoms with E-state index >= 15 is 0 Å². The second kappa shape index (κ2) is 8.75. The molecule has 6 nitrogen and oxygen atoms in total. The Morgan fingerprint density at radius 1 is 1.11 bits per heavy atom. The van der Waals surface area contributed by atoms with Crippen LogP contribution < -0.4 is 5.56 Å². The summed E-state index contributed by atoms with van der Waals surface area (Å²) in [5.74, 6) is -1.02. The van der Waals surface area contributed by atoms with E-state index in [1.54, 1.807) is 43.1 Å². The van der Waals surface area contributed by atoms with Crippen LogP contribution in [0.1, 0.15) is 15.9 Å². The van der Waals surface area contributed by atoms with Crippen LogP contribution in [0, 0.1) is 0 Å². The van der Waals surface area contributed by atoms with Crippen LogP contribution in [-0.2, 0) is 16.1 Å². The number of ether oxygens (including phenoxy) is 1. The number of carbonyl (C=O) groups is 2. The Morgan fingerprint density at radius 3 is 2.54 bits per heavy atom. The summed E-state index contributed by atoms with van der Waals surface area (Å²) < 4.78 is 5.16. The zero-order chi connectivity index (χ0) is 20.1. The molecule has 1 aromatic heterocycles. The quantitative estimate of drug-likeness (QED) is 0.512. The smallest absolute Gasteiger partial charge is 0.339 e. The summed E-state index contributed by atoms with van der Waals surface area (Å²) in [6, 6.07) is 16.0. The number of nitrogens with zero attached hydrogens (tertiary/aromatic N) is 1. The molecule has 3 rings (SSSR count). The number of hydrogen-bond acceptors (Lipinski definition) is 5. The second-order valence-electron chi connectivity index (χ2n) is 6.27. The minimum Gasteiger partial charge on any atom is -0.452 e. The van der Waals surface area contributed by atoms with Gasteiger partial charge in [-0.2, -0.15) is 0 Å². The number of benzene rings is 2. The molecular weight excluding hydrogens is 376 g/mol. The number of thioether (sulfide) groups is 1. The van der Waals surface area contributed by atoms with Crippen molar-refractivity contribution in [2.24, 2.45) is 0 Å². The van der Waals surface area contributed by atoms with Gasteiger partial charge in [-0.1, -0.05) is 30.3 Å². The molecule has 0 radical (unpaired) electrons. The van der Waals surface area contributed by atoms with E-state index in [9.17, 15) is 14.4 Å². The lowest BCUT2D eigenvalue weighted by molar-refractivity contribution is -0.133. The second-order valence-corrected chi connectivity index (χ2v) is 7.15. The Hall–Kier alpha value is -3.06. The number of H-pyrrole nitrogens is 1. The summed E-state index contributed by atoms with van der Waals surface area (Å²) in [5.41, 5.74) is 1.27. The number of carbonyl (C=O) groups excluding carboxylic acids is 2. The van der Waals surface area contributed by atoms with Crippen LogP contribution >= 0.6 is 11.8 Å². The number of aromatic nitrogens is 1. The molecule has 0 fully saturated rings. The summed E-state index contributed by atoms with van der Waals surface area (Å²) in [6.45, 7) is 0.0261. The number of nitrogens with one attached hydrogen (secondary N) is 1. The van der Waals surface area contributed by atoms with E-state index in [2.05, 4.69) is 4.98 Å². The Labute approximate surface area is 166 Å². The van der Waals surface area contributed by atoms with Gasteiger partial charge in [0.2, 0.25) is 5.56 Å². The Kier molecular flexibility index (Phi) is 6.16. The minimum absolute atomic E-state index is 0.141. The molecule has 0 unspecified atom stereocenters. The number of rotatable bonds is 6. The first-order chi connectivity index (χ1) is 13.5. The summed E-state index contributed by atoms with van der Waals surface area (Å²) in [7, 11) is 1.65. The first-order valence-corrected chi connectivity index (χ1v) is 9.86. The van der Waals surface area contributed by atoms with Crippen molar-refractivity contribution in [1.29, 1.82) is 0 Å². The van der Waals surface area contributed by atoms with E-state index in [-0.39, 0.29) is 18.1 Å². The lowest BCUT2D eigenvalue weighted by Crippen LogP contribution is -2.31. The van der Waals surface area contributed by atoms with E-state index in [4.69, 9.17) is 4.74 Å². The Balaban J connectivity index is 1.64. The maximum absolute atomic E-state index is 12.4. The number of hydrogen-bond donors (Lipinski definition) is 1. The van der Waals surface area contributed by atoms with E-state index in [1.807, 2.05) is 30.5 Å². The average Bonchev–Trinajstić information content (AvgIpc) is 2.71. The van der Waals surface area contributed by atoms with E-state index < -0.39 is 11.5 Å². The fourth-order valence-corrected chi connectivity index (χ4v) is 3.19. The maximum atomic E-state index is 12.4. The molecule has 1 amide bonds. The summed E-state index contributed by atoms with van der Waals surface area (Å²) in [4.78, 5) is 41.8. The van der Waals surface area contributed by atoms with Crippen LogP contribution in [0.25, 0.3) is 10.9 Å². The predicted molar refractivity (Wildman–Crippen MR) is 110 cm³/mol. The number of pyridine rings is 1. The van der Waals surface area contributed by atoms with E-state index in [0.717, 1.165) is 10.5 Å². The highest BCUT2D eigenvalue weighted by molar-refractivity contribution is 7.98. The third-order valence-corrected chi connectivity index (χ3v) is 5.05. The highest BCUT2D eigenvalue weighted by Crippen LogP contribution is 2.17. The van der Waals surface area contributed by atoms with Gasteiger partial charge < -0.3 is 14.6 Å². The summed E-state index contributed by atoms with van der Waals surface area (Å²) >= 11 is 1.65. The van der Waals surface area contributed by atoms with Crippen molar-refractivity contribution in [3.63, 3.8) is 0 Å². The molecule has 1 N–H and O–H groups in total. The number of para-hydroxylation sites is 1. The molecular formula is C21H20N2O4S. The topological polar surface area (TPSA) is 79.5 Å². The van der Waals surface area contributed by atoms with Gasteiger partial charge >= 0.3 is 5.97 Å². The third kappa shape index (κ3) is 4.61. The largest absolute Gasteiger partial charge is 0.452 e. The number of fused-ring (bicyclic) bond motifs is 1. The van der Waals surface area contributed by atoms with Crippen molar-refractivity contribution < 1.29 is 14.3 Å². The van der Waals surface area contributed by atoms with E-state index in [0.29, 0.717) is 17.4 Å². The fraction of sp³-hybridized carbons (Fsp3) is 0.190. The van der Waals surface area contributed by atoms with Crippen LogP contribution in [-0.4, -0.2) is 41.7 Å². The molecule has 144 valence electrons. The van der Waals surface area contributed by atoms with Crippen LogP contribution in [0.15, 0.2) is 64.3 Å². The van der Waals surface area contributed by atoms with Crippen LogP contribution in [0.3, 0.4) is 0 Å². The molecule has 0 aliphatic rings. The molecule has 0 aliphatic carbocycles. The molecule has 1 heterocycles. The molecule has 0 saturated heterocycles. The van der Waals surface area contributed by atoms with Crippen molar-refractivity contribution >= 4 is 34.5 Å². The normalized spacial score (nSPS) is 10.6. The predicted octanol–water partition coefficient (Wildman–Crippen LogP) is 3.07. The molecule has 0 bridgehead atoms. The van der Waals surface area contributed by atoms with Gasteiger partial charge in [-0.15, -0.1) is 11.8 Å². The first-order valence-electron chi connectivity index (χ1n) is 8.64. The van der Waals surface area contributed by atoms with Gasteiger partial charge in [0, 0.05) is 35.5 Å². The van der Waals surface area contributed by atoms with Crippen LogP contribution in [0.4, 0.5) is 0 Å². The lowest BCUT2D eigenvalue weighted by Gasteiger charge is -2.17. The summed E-state index contributed by atoms with van der Waals surface area (Å²) in [6.07, 6.45) is 2.00. The van der Waals surface area contributed by atoms with Gasteiger partial charge in [-0.25, -0.2) is 4.79 Å². The molecule has 0 aliphatic heterocycles. The van der Waals surface area contributed by atoms with Gasteiger partial charge in [0.05, 0.1) is 5.56 Å².